The van der Waals surface area contributed by atoms with E-state index >= 15 is 0 Å². The molecule has 0 aromatic carbocycles. The molecule has 0 amide bonds. The Bertz CT molecular complexity index is 659. The molecule has 0 aromatic rings. The minimum atomic E-state index is -3.35. The molecule has 2 aliphatic rings. The van der Waals surface area contributed by atoms with Gasteiger partial charge < -0.3 is 27.6 Å². The molecule has 2 heterocycles. The second kappa shape index (κ2) is 11.8. The molecule has 0 unspecified atom stereocenters. The van der Waals surface area contributed by atoms with Gasteiger partial charge in [0, 0.05) is 0 Å². The van der Waals surface area contributed by atoms with Crippen molar-refractivity contribution in [1.82, 2.24) is 0 Å². The van der Waals surface area contributed by atoms with Crippen LogP contribution in [-0.2, 0) is 46.3 Å². The van der Waals surface area contributed by atoms with Gasteiger partial charge in [0.15, 0.2) is 35.5 Å². The van der Waals surface area contributed by atoms with E-state index in [0.717, 1.165) is 0 Å². The number of ether oxygens (including phenoxy) is 2. The molecule has 2 fully saturated rings. The fraction of sp³-hybridized carbons (Fsp3) is 0.900. The van der Waals surface area contributed by atoms with E-state index in [4.69, 9.17) is 27.6 Å². The summed E-state index contributed by atoms with van der Waals surface area (Å²) in [7, 11) is -6.69. The second-order valence-corrected chi connectivity index (χ2v) is 12.8. The Morgan fingerprint density at radius 3 is 0.938 bits per heavy atom. The van der Waals surface area contributed by atoms with Gasteiger partial charge in [-0.3, -0.25) is 18.7 Å². The van der Waals surface area contributed by atoms with Gasteiger partial charge in [0.25, 0.3) is 0 Å². The van der Waals surface area contributed by atoms with Crippen molar-refractivity contribution in [3.63, 3.8) is 0 Å². The maximum atomic E-state index is 12.4. The SMILES string of the molecule is CC(=O)[C@@H]1O[C@H]1P(=O)(OC(C)C)OC(C)C.CC(=O)[C@H]1O[C@@H]1P(=O)(OC(C)C)OC(C)C. The number of hydrogen-bond acceptors (Lipinski definition) is 10. The lowest BCUT2D eigenvalue weighted by molar-refractivity contribution is -0.118. The van der Waals surface area contributed by atoms with Gasteiger partial charge in [-0.2, -0.15) is 0 Å². The van der Waals surface area contributed by atoms with Crippen LogP contribution < -0.4 is 0 Å². The van der Waals surface area contributed by atoms with Crippen LogP contribution in [0, 0.1) is 0 Å². The van der Waals surface area contributed by atoms with Gasteiger partial charge in [0.2, 0.25) is 0 Å². The maximum absolute atomic E-state index is 12.4. The molecule has 0 spiro atoms. The molecule has 2 rings (SSSR count). The topological polar surface area (TPSA) is 130 Å². The highest BCUT2D eigenvalue weighted by atomic mass is 31.2. The van der Waals surface area contributed by atoms with Crippen LogP contribution in [0.15, 0.2) is 0 Å². The first kappa shape index (κ1) is 29.6. The van der Waals surface area contributed by atoms with E-state index in [1.807, 2.05) is 0 Å². The number of epoxide rings is 2. The summed E-state index contributed by atoms with van der Waals surface area (Å²) in [5.41, 5.74) is 0. The van der Waals surface area contributed by atoms with Crippen molar-refractivity contribution in [2.75, 3.05) is 0 Å². The molecule has 0 aromatic heterocycles. The van der Waals surface area contributed by atoms with E-state index in [2.05, 4.69) is 0 Å². The van der Waals surface area contributed by atoms with Gasteiger partial charge in [0.05, 0.1) is 24.4 Å². The third kappa shape index (κ3) is 9.07. The largest absolute Gasteiger partial charge is 0.362 e. The summed E-state index contributed by atoms with van der Waals surface area (Å²) in [5.74, 6) is -1.75. The summed E-state index contributed by atoms with van der Waals surface area (Å²) in [6, 6.07) is 0. The predicted molar refractivity (Wildman–Crippen MR) is 119 cm³/mol. The Morgan fingerprint density at radius 1 is 0.594 bits per heavy atom. The molecular formula is C20H38O10P2. The molecule has 10 nitrogen and oxygen atoms in total. The van der Waals surface area contributed by atoms with Crippen LogP contribution in [0.4, 0.5) is 0 Å². The number of hydrogen-bond donors (Lipinski definition) is 0. The first-order valence-corrected chi connectivity index (χ1v) is 14.0. The quantitative estimate of drug-likeness (QED) is 0.275. The number of carbonyl (C=O) groups is 2. The van der Waals surface area contributed by atoms with Crippen LogP contribution in [0.25, 0.3) is 0 Å². The average Bonchev–Trinajstić information content (AvgIpc) is 3.43. The minimum absolute atomic E-state index is 0.148. The second-order valence-electron chi connectivity index (χ2n) is 8.81. The van der Waals surface area contributed by atoms with Crippen molar-refractivity contribution in [1.29, 1.82) is 0 Å². The Morgan fingerprint density at radius 2 is 0.812 bits per heavy atom. The van der Waals surface area contributed by atoms with Crippen molar-refractivity contribution >= 4 is 26.8 Å². The lowest BCUT2D eigenvalue weighted by Gasteiger charge is -2.21. The molecule has 0 radical (unpaired) electrons. The van der Waals surface area contributed by atoms with Crippen molar-refractivity contribution in [2.24, 2.45) is 0 Å². The first-order chi connectivity index (χ1) is 14.5. The number of ketones is 2. The molecule has 12 heteroatoms. The molecule has 188 valence electrons. The molecular weight excluding hydrogens is 462 g/mol. The van der Waals surface area contributed by atoms with E-state index in [-0.39, 0.29) is 36.0 Å². The predicted octanol–water partition coefficient (Wildman–Crippen LogP) is 4.69. The molecule has 4 atom stereocenters. The van der Waals surface area contributed by atoms with Crippen LogP contribution in [0.5, 0.6) is 0 Å². The van der Waals surface area contributed by atoms with Gasteiger partial charge >= 0.3 is 15.2 Å². The van der Waals surface area contributed by atoms with Gasteiger partial charge in [-0.15, -0.1) is 0 Å². The Kier molecular flexibility index (Phi) is 10.9. The van der Waals surface area contributed by atoms with E-state index in [1.165, 1.54) is 13.8 Å². The standard InChI is InChI=1S/2C10H19O5P/c2*1-6(2)14-16(12,15-7(3)4)10-9(13-10)8(5)11/h2*6-7,9-10H,1-5H3/t2*9-,10-/m10/s1. The number of Topliss-reactive ketones (excluding diaryl/α,β-unsaturated/α-hetero) is 2. The van der Waals surface area contributed by atoms with Gasteiger partial charge in [-0.1, -0.05) is 0 Å². The van der Waals surface area contributed by atoms with E-state index in [0.29, 0.717) is 0 Å². The average molecular weight is 500 g/mol. The highest BCUT2D eigenvalue weighted by molar-refractivity contribution is 7.55. The summed E-state index contributed by atoms with van der Waals surface area (Å²) in [5, 5.41) is 0. The fourth-order valence-corrected chi connectivity index (χ4v) is 7.32. The normalized spacial score (nSPS) is 25.2. The third-order valence-corrected chi connectivity index (χ3v) is 8.69. The Balaban J connectivity index is 0.000000320. The van der Waals surface area contributed by atoms with Gasteiger partial charge in [-0.05, 0) is 69.2 Å². The summed E-state index contributed by atoms with van der Waals surface area (Å²) in [6.45, 7) is 16.9. The van der Waals surface area contributed by atoms with E-state index < -0.39 is 39.1 Å². The maximum Gasteiger partial charge on any atom is 0.362 e. The molecule has 0 bridgehead atoms. The molecule has 0 N–H and O–H groups in total. The Labute approximate surface area is 191 Å². The van der Waals surface area contributed by atoms with Gasteiger partial charge in [0.1, 0.15) is 0 Å². The molecule has 32 heavy (non-hydrogen) atoms. The zero-order valence-corrected chi connectivity index (χ0v) is 22.4. The van der Waals surface area contributed by atoms with Crippen LogP contribution in [-0.4, -0.2) is 59.9 Å². The highest BCUT2D eigenvalue weighted by Gasteiger charge is 2.59. The Hall–Kier alpha value is -0.440. The monoisotopic (exact) mass is 500 g/mol. The lowest BCUT2D eigenvalue weighted by Crippen LogP contribution is -2.14. The molecule has 0 aliphatic carbocycles. The summed E-state index contributed by atoms with van der Waals surface area (Å²) < 4.78 is 56.2. The smallest absolute Gasteiger partial charge is 0.348 e. The number of carbonyl (C=O) groups excluding carboxylic acids is 2. The van der Waals surface area contributed by atoms with E-state index in [9.17, 15) is 18.7 Å². The number of rotatable bonds is 12. The first-order valence-electron chi connectivity index (χ1n) is 10.8. The molecule has 2 saturated heterocycles. The van der Waals surface area contributed by atoms with Crippen LogP contribution >= 0.6 is 15.2 Å². The third-order valence-electron chi connectivity index (χ3n) is 3.79. The molecule has 2 aliphatic heterocycles. The van der Waals surface area contributed by atoms with Crippen LogP contribution in [0.1, 0.15) is 69.2 Å². The van der Waals surface area contributed by atoms with Gasteiger partial charge in [-0.25, -0.2) is 0 Å². The highest BCUT2D eigenvalue weighted by Crippen LogP contribution is 2.63. The fourth-order valence-electron chi connectivity index (χ4n) is 2.75. The van der Waals surface area contributed by atoms with Crippen molar-refractivity contribution < 1.29 is 46.3 Å². The summed E-state index contributed by atoms with van der Waals surface area (Å²) in [4.78, 5) is 22.2. The summed E-state index contributed by atoms with van der Waals surface area (Å²) >= 11 is 0. The van der Waals surface area contributed by atoms with Crippen molar-refractivity contribution in [3.05, 3.63) is 0 Å². The minimum Gasteiger partial charge on any atom is -0.348 e. The van der Waals surface area contributed by atoms with Crippen molar-refractivity contribution in [2.45, 2.75) is 118 Å². The van der Waals surface area contributed by atoms with E-state index in [1.54, 1.807) is 55.4 Å². The van der Waals surface area contributed by atoms with Crippen molar-refractivity contribution in [3.8, 4) is 0 Å². The summed E-state index contributed by atoms with van der Waals surface area (Å²) in [6.07, 6.45) is -2.21. The zero-order chi connectivity index (χ0) is 25.0. The lowest BCUT2D eigenvalue weighted by atomic mass is 10.3. The van der Waals surface area contributed by atoms with Crippen LogP contribution in [0.3, 0.4) is 0 Å². The van der Waals surface area contributed by atoms with Crippen LogP contribution in [0.2, 0.25) is 0 Å². The molecule has 0 saturated carbocycles. The zero-order valence-electron chi connectivity index (χ0n) is 20.6.